The summed E-state index contributed by atoms with van der Waals surface area (Å²) in [6.45, 7) is 5.24. The number of alkyl halides is 3. The van der Waals surface area contributed by atoms with Gasteiger partial charge in [-0.1, -0.05) is 12.1 Å². The highest BCUT2D eigenvalue weighted by atomic mass is 19.4. The Labute approximate surface area is 115 Å². The van der Waals surface area contributed by atoms with E-state index < -0.39 is 29.6 Å². The molecule has 1 saturated carbocycles. The molecule has 0 bridgehead atoms. The summed E-state index contributed by atoms with van der Waals surface area (Å²) in [7, 11) is 0. The van der Waals surface area contributed by atoms with Crippen LogP contribution in [0.4, 0.5) is 13.2 Å². The van der Waals surface area contributed by atoms with Gasteiger partial charge in [-0.2, -0.15) is 13.2 Å². The molecule has 0 aromatic heterocycles. The Hall–Kier alpha value is -1.52. The lowest BCUT2D eigenvalue weighted by Gasteiger charge is -2.19. The molecule has 1 aromatic rings. The van der Waals surface area contributed by atoms with Gasteiger partial charge in [0.25, 0.3) is 0 Å². The largest absolute Gasteiger partial charge is 0.456 e. The summed E-state index contributed by atoms with van der Waals surface area (Å²) >= 11 is 0. The molecule has 2 rings (SSSR count). The van der Waals surface area contributed by atoms with Gasteiger partial charge in [-0.25, -0.2) is 4.79 Å². The van der Waals surface area contributed by atoms with Crippen LogP contribution in [-0.2, 0) is 4.74 Å². The summed E-state index contributed by atoms with van der Waals surface area (Å²) in [5.41, 5.74) is 0.224. The topological polar surface area (TPSA) is 26.3 Å². The zero-order chi connectivity index (χ0) is 15.1. The number of hydrogen-bond acceptors (Lipinski definition) is 2. The molecule has 110 valence electrons. The summed E-state index contributed by atoms with van der Waals surface area (Å²) in [6, 6.07) is 6.29. The summed E-state index contributed by atoms with van der Waals surface area (Å²) in [4.78, 5) is 11.9. The molecule has 0 spiro atoms. The van der Waals surface area contributed by atoms with Gasteiger partial charge in [0.05, 0.1) is 11.5 Å². The lowest BCUT2D eigenvalue weighted by molar-refractivity contribution is -0.148. The highest BCUT2D eigenvalue weighted by Crippen LogP contribution is 2.56. The van der Waals surface area contributed by atoms with Crippen molar-refractivity contribution in [1.29, 1.82) is 0 Å². The van der Waals surface area contributed by atoms with E-state index in [1.165, 1.54) is 6.07 Å². The third-order valence-electron chi connectivity index (χ3n) is 3.16. The van der Waals surface area contributed by atoms with Crippen molar-refractivity contribution in [1.82, 2.24) is 0 Å². The fourth-order valence-electron chi connectivity index (χ4n) is 2.16. The molecular formula is C15H17F3O2. The molecule has 2 atom stereocenters. The van der Waals surface area contributed by atoms with Crippen molar-refractivity contribution >= 4 is 5.97 Å². The molecule has 20 heavy (non-hydrogen) atoms. The molecule has 0 N–H and O–H groups in total. The summed E-state index contributed by atoms with van der Waals surface area (Å²) in [5.74, 6) is -2.32. The van der Waals surface area contributed by atoms with Gasteiger partial charge in [-0.3, -0.25) is 0 Å². The van der Waals surface area contributed by atoms with E-state index in [2.05, 4.69) is 0 Å². The van der Waals surface area contributed by atoms with Gasteiger partial charge in [0.15, 0.2) is 0 Å². The highest BCUT2D eigenvalue weighted by molar-refractivity contribution is 5.89. The molecule has 5 heteroatoms. The minimum atomic E-state index is -4.16. The van der Waals surface area contributed by atoms with Crippen LogP contribution in [0.25, 0.3) is 0 Å². The van der Waals surface area contributed by atoms with Gasteiger partial charge in [-0.05, 0) is 50.8 Å². The van der Waals surface area contributed by atoms with E-state index in [0.29, 0.717) is 11.1 Å². The van der Waals surface area contributed by atoms with Crippen molar-refractivity contribution in [2.24, 2.45) is 5.92 Å². The fraction of sp³-hybridized carbons (Fsp3) is 0.533. The number of halogens is 3. The molecule has 0 aliphatic heterocycles. The van der Waals surface area contributed by atoms with E-state index in [1.54, 1.807) is 39.0 Å². The summed E-state index contributed by atoms with van der Waals surface area (Å²) in [6.07, 6.45) is -4.06. The third-order valence-corrected chi connectivity index (χ3v) is 3.16. The predicted octanol–water partition coefficient (Wildman–Crippen LogP) is 4.31. The summed E-state index contributed by atoms with van der Waals surface area (Å²) in [5, 5.41) is 0. The van der Waals surface area contributed by atoms with Crippen LogP contribution in [0.1, 0.15) is 49.0 Å². The average Bonchev–Trinajstić information content (AvgIpc) is 3.06. The molecule has 2 nitrogen and oxygen atoms in total. The van der Waals surface area contributed by atoms with Gasteiger partial charge in [0, 0.05) is 0 Å². The Morgan fingerprint density at radius 1 is 1.25 bits per heavy atom. The first kappa shape index (κ1) is 14.9. The quantitative estimate of drug-likeness (QED) is 0.757. The van der Waals surface area contributed by atoms with Gasteiger partial charge in [0.1, 0.15) is 5.60 Å². The number of benzene rings is 1. The van der Waals surface area contributed by atoms with Crippen molar-refractivity contribution in [3.63, 3.8) is 0 Å². The number of carbonyl (C=O) groups excluding carboxylic acids is 1. The molecule has 1 aliphatic carbocycles. The molecule has 0 saturated heterocycles. The smallest absolute Gasteiger partial charge is 0.392 e. The second-order valence-corrected chi connectivity index (χ2v) is 6.12. The molecule has 0 unspecified atom stereocenters. The van der Waals surface area contributed by atoms with E-state index in [-0.39, 0.29) is 6.42 Å². The van der Waals surface area contributed by atoms with Crippen molar-refractivity contribution in [2.75, 3.05) is 0 Å². The minimum absolute atomic E-state index is 0.0985. The number of carbonyl (C=O) groups is 1. The Kier molecular flexibility index (Phi) is 3.56. The monoisotopic (exact) mass is 286 g/mol. The number of rotatable bonds is 2. The van der Waals surface area contributed by atoms with Crippen LogP contribution < -0.4 is 0 Å². The number of esters is 1. The second kappa shape index (κ2) is 4.79. The van der Waals surface area contributed by atoms with Crippen LogP contribution in [0.2, 0.25) is 0 Å². The molecule has 0 amide bonds. The van der Waals surface area contributed by atoms with Crippen LogP contribution in [0, 0.1) is 5.92 Å². The number of hydrogen-bond donors (Lipinski definition) is 0. The lowest BCUT2D eigenvalue weighted by atomic mass is 10.1. The lowest BCUT2D eigenvalue weighted by Crippen LogP contribution is -2.23. The van der Waals surface area contributed by atoms with E-state index in [1.807, 2.05) is 0 Å². The van der Waals surface area contributed by atoms with Gasteiger partial charge >= 0.3 is 12.1 Å². The van der Waals surface area contributed by atoms with E-state index in [9.17, 15) is 18.0 Å². The van der Waals surface area contributed by atoms with Crippen LogP contribution in [0.5, 0.6) is 0 Å². The second-order valence-electron chi connectivity index (χ2n) is 6.12. The van der Waals surface area contributed by atoms with Crippen LogP contribution in [0.15, 0.2) is 24.3 Å². The van der Waals surface area contributed by atoms with E-state index in [4.69, 9.17) is 4.74 Å². The fourth-order valence-corrected chi connectivity index (χ4v) is 2.16. The summed E-state index contributed by atoms with van der Waals surface area (Å²) < 4.78 is 42.9. The normalized spacial score (nSPS) is 22.5. The maximum absolute atomic E-state index is 12.6. The zero-order valence-electron chi connectivity index (χ0n) is 11.6. The zero-order valence-corrected chi connectivity index (χ0v) is 11.6. The number of ether oxygens (including phenoxy) is 1. The Morgan fingerprint density at radius 2 is 1.90 bits per heavy atom. The molecular weight excluding hydrogens is 269 g/mol. The Bertz CT molecular complexity index is 515. The van der Waals surface area contributed by atoms with Crippen LogP contribution in [0.3, 0.4) is 0 Å². The third kappa shape index (κ3) is 3.52. The van der Waals surface area contributed by atoms with E-state index >= 15 is 0 Å². The first-order valence-electron chi connectivity index (χ1n) is 6.48. The standard InChI is InChI=1S/C15H17F3O2/c1-14(2,3)20-13(19)10-6-4-5-9(7-10)11-8-12(11)15(16,17)18/h4-7,11-12H,8H2,1-3H3/t11-,12+/m1/s1. The van der Waals surface area contributed by atoms with Gasteiger partial charge in [0.2, 0.25) is 0 Å². The maximum Gasteiger partial charge on any atom is 0.392 e. The molecule has 0 radical (unpaired) electrons. The van der Waals surface area contributed by atoms with Crippen molar-refractivity contribution in [3.05, 3.63) is 35.4 Å². The molecule has 1 fully saturated rings. The molecule has 1 aromatic carbocycles. The molecule has 0 heterocycles. The van der Waals surface area contributed by atoms with E-state index in [0.717, 1.165) is 0 Å². The van der Waals surface area contributed by atoms with Crippen LogP contribution >= 0.6 is 0 Å². The Balaban J connectivity index is 2.12. The first-order valence-corrected chi connectivity index (χ1v) is 6.48. The molecule has 1 aliphatic rings. The Morgan fingerprint density at radius 3 is 2.40 bits per heavy atom. The highest BCUT2D eigenvalue weighted by Gasteiger charge is 2.56. The SMILES string of the molecule is CC(C)(C)OC(=O)c1cccc([C@H]2C[C@@H]2C(F)(F)F)c1. The van der Waals surface area contributed by atoms with Gasteiger partial charge in [-0.15, -0.1) is 0 Å². The first-order chi connectivity index (χ1) is 9.08. The van der Waals surface area contributed by atoms with Crippen molar-refractivity contribution in [3.8, 4) is 0 Å². The van der Waals surface area contributed by atoms with Gasteiger partial charge < -0.3 is 4.74 Å². The van der Waals surface area contributed by atoms with Crippen molar-refractivity contribution in [2.45, 2.75) is 44.9 Å². The van der Waals surface area contributed by atoms with Crippen LogP contribution in [-0.4, -0.2) is 17.7 Å². The average molecular weight is 286 g/mol. The van der Waals surface area contributed by atoms with Crippen molar-refractivity contribution < 1.29 is 22.7 Å². The maximum atomic E-state index is 12.6. The minimum Gasteiger partial charge on any atom is -0.456 e. The predicted molar refractivity (Wildman–Crippen MR) is 68.5 cm³/mol.